The zero-order valence-corrected chi connectivity index (χ0v) is 20.4. The van der Waals surface area contributed by atoms with Crippen LogP contribution in [0.5, 0.6) is 0 Å². The van der Waals surface area contributed by atoms with E-state index in [1.165, 1.54) is 46.2 Å². The van der Waals surface area contributed by atoms with Crippen molar-refractivity contribution in [3.05, 3.63) is 85.0 Å². The van der Waals surface area contributed by atoms with E-state index in [0.29, 0.717) is 11.1 Å². The van der Waals surface area contributed by atoms with Crippen LogP contribution in [0.25, 0.3) is 5.57 Å². The first kappa shape index (κ1) is 28.6. The number of ether oxygens (including phenoxy) is 2. The molecule has 4 heteroatoms. The fourth-order valence-electron chi connectivity index (χ4n) is 2.07. The van der Waals surface area contributed by atoms with Gasteiger partial charge in [-0.15, -0.1) is 17.7 Å². The maximum Gasteiger partial charge on any atom is 0.329 e. The van der Waals surface area contributed by atoms with Crippen LogP contribution < -0.4 is 0 Å². The van der Waals surface area contributed by atoms with Crippen molar-refractivity contribution in [2.45, 2.75) is 39.5 Å². The number of carbonyl (C=O) groups is 1. The molecule has 28 heavy (non-hydrogen) atoms. The Morgan fingerprint density at radius 3 is 1.93 bits per heavy atom. The van der Waals surface area contributed by atoms with Gasteiger partial charge in [0.25, 0.3) is 0 Å². The van der Waals surface area contributed by atoms with E-state index in [-0.39, 0.29) is 32.7 Å². The van der Waals surface area contributed by atoms with Crippen LogP contribution in [-0.4, -0.2) is 20.2 Å². The molecular weight excluding hydrogens is 425 g/mol. The molecule has 151 valence electrons. The van der Waals surface area contributed by atoms with Crippen molar-refractivity contribution in [1.82, 2.24) is 0 Å². The molecule has 0 atom stereocenters. The molecule has 0 unspecified atom stereocenters. The average molecular weight is 457 g/mol. The zero-order chi connectivity index (χ0) is 20.3. The third-order valence-corrected chi connectivity index (χ3v) is 3.51. The number of unbranched alkanes of at least 4 members (excludes halogenated alkanes) is 3. The Hall–Kier alpha value is -1.58. The minimum absolute atomic E-state index is 0. The van der Waals surface area contributed by atoms with E-state index < -0.39 is 5.97 Å². The summed E-state index contributed by atoms with van der Waals surface area (Å²) in [6.45, 7) is 8.30. The smallest absolute Gasteiger partial charge is 0.329 e. The summed E-state index contributed by atoms with van der Waals surface area (Å²) in [6.07, 6.45) is 6.89. The van der Waals surface area contributed by atoms with Gasteiger partial charge in [-0.3, -0.25) is 0 Å². The molecule has 0 amide bonds. The Labute approximate surface area is 196 Å². The minimum atomic E-state index is -0.437. The Morgan fingerprint density at radius 1 is 1.00 bits per heavy atom. The van der Waals surface area contributed by atoms with Crippen molar-refractivity contribution in [2.24, 2.45) is 0 Å². The summed E-state index contributed by atoms with van der Waals surface area (Å²) in [4.78, 5) is 11.5. The maximum atomic E-state index is 11.5. The molecule has 0 fully saturated rings. The van der Waals surface area contributed by atoms with E-state index in [0.717, 1.165) is 5.56 Å². The van der Waals surface area contributed by atoms with Gasteiger partial charge in [0, 0.05) is 38.3 Å². The summed E-state index contributed by atoms with van der Waals surface area (Å²) in [5, 5.41) is 0. The molecule has 0 saturated heterocycles. The molecular formula is C24H32O3Y-2. The molecule has 2 rings (SSSR count). The van der Waals surface area contributed by atoms with E-state index >= 15 is 0 Å². The predicted octanol–water partition coefficient (Wildman–Crippen LogP) is 6.10. The fraction of sp³-hybridized carbons (Fsp3) is 0.333. The molecule has 0 aliphatic rings. The first-order chi connectivity index (χ1) is 13.1. The Balaban J connectivity index is 0. The summed E-state index contributed by atoms with van der Waals surface area (Å²) < 4.78 is 9.51. The molecule has 2 aromatic carbocycles. The molecule has 1 radical (unpaired) electrons. The van der Waals surface area contributed by atoms with E-state index in [1.54, 1.807) is 6.07 Å². The van der Waals surface area contributed by atoms with Gasteiger partial charge in [-0.1, -0.05) is 45.6 Å². The molecule has 0 aromatic heterocycles. The number of hydrogen-bond donors (Lipinski definition) is 0. The van der Waals surface area contributed by atoms with Crippen LogP contribution in [0, 0.1) is 13.0 Å². The van der Waals surface area contributed by atoms with Gasteiger partial charge in [0.2, 0.25) is 0 Å². The SMILES string of the molecule is CCCCCC.[CH2-]c1ccccc1/C(=C\OC)C(=O)OC.[Y].[c-]1ccccc1. The van der Waals surface area contributed by atoms with E-state index in [1.807, 2.05) is 48.5 Å². The van der Waals surface area contributed by atoms with E-state index in [2.05, 4.69) is 31.6 Å². The van der Waals surface area contributed by atoms with Crippen molar-refractivity contribution >= 4 is 11.5 Å². The normalized spacial score (nSPS) is 9.50. The molecule has 0 saturated carbocycles. The summed E-state index contributed by atoms with van der Waals surface area (Å²) in [7, 11) is 2.81. The first-order valence-corrected chi connectivity index (χ1v) is 9.25. The van der Waals surface area contributed by atoms with Gasteiger partial charge in [0.05, 0.1) is 20.5 Å². The molecule has 0 aliphatic carbocycles. The molecule has 2 aromatic rings. The summed E-state index contributed by atoms with van der Waals surface area (Å²) in [6, 6.07) is 19.8. The van der Waals surface area contributed by atoms with E-state index in [4.69, 9.17) is 4.74 Å². The second-order valence-electron chi connectivity index (χ2n) is 5.70. The van der Waals surface area contributed by atoms with Crippen LogP contribution in [0.3, 0.4) is 0 Å². The van der Waals surface area contributed by atoms with Crippen molar-refractivity contribution in [3.8, 4) is 0 Å². The van der Waals surface area contributed by atoms with Crippen LogP contribution in [0.1, 0.15) is 50.7 Å². The van der Waals surface area contributed by atoms with Crippen molar-refractivity contribution in [2.75, 3.05) is 14.2 Å². The Bertz CT molecular complexity index is 609. The van der Waals surface area contributed by atoms with Crippen LogP contribution in [-0.2, 0) is 47.0 Å². The van der Waals surface area contributed by atoms with Gasteiger partial charge in [0.1, 0.15) is 0 Å². The quantitative estimate of drug-likeness (QED) is 0.173. The number of hydrogen-bond acceptors (Lipinski definition) is 3. The monoisotopic (exact) mass is 457 g/mol. The second-order valence-corrected chi connectivity index (χ2v) is 5.70. The summed E-state index contributed by atoms with van der Waals surface area (Å²) >= 11 is 0. The third-order valence-electron chi connectivity index (χ3n) is 3.51. The number of methoxy groups -OCH3 is 2. The van der Waals surface area contributed by atoms with Crippen LogP contribution in [0.2, 0.25) is 0 Å². The maximum absolute atomic E-state index is 11.5. The van der Waals surface area contributed by atoms with Gasteiger partial charge in [-0.25, -0.2) is 4.79 Å². The standard InChI is InChI=1S/C12H13O3.C6H5.C6H14.Y/c1-9-6-4-5-7-10(9)11(8-14-2)12(13)15-3;1-2-4-6-5-3-1;1-3-5-6-4-2;/h4-8H,1H2,2-3H3;1-5H;3-6H2,1-2H3;/q2*-1;;/b11-8+;;;. The predicted molar refractivity (Wildman–Crippen MR) is 113 cm³/mol. The Morgan fingerprint density at radius 2 is 1.57 bits per heavy atom. The van der Waals surface area contributed by atoms with Crippen LogP contribution >= 0.6 is 0 Å². The Kier molecular flexibility index (Phi) is 20.6. The summed E-state index contributed by atoms with van der Waals surface area (Å²) in [5.41, 5.74) is 1.84. The van der Waals surface area contributed by atoms with Crippen LogP contribution in [0.4, 0.5) is 0 Å². The third kappa shape index (κ3) is 13.6. The second kappa shape index (κ2) is 20.2. The number of carbonyl (C=O) groups excluding carboxylic acids is 1. The average Bonchev–Trinajstić information content (AvgIpc) is 2.73. The number of rotatable bonds is 6. The van der Waals surface area contributed by atoms with Gasteiger partial charge in [0.15, 0.2) is 0 Å². The van der Waals surface area contributed by atoms with Gasteiger partial charge < -0.3 is 9.47 Å². The molecule has 0 spiro atoms. The number of esters is 1. The molecule has 0 bridgehead atoms. The molecule has 0 N–H and O–H groups in total. The number of benzene rings is 2. The van der Waals surface area contributed by atoms with Crippen molar-refractivity contribution < 1.29 is 47.0 Å². The van der Waals surface area contributed by atoms with Gasteiger partial charge in [-0.05, 0) is 0 Å². The minimum Gasteiger partial charge on any atom is -0.505 e. The molecule has 0 aliphatic heterocycles. The van der Waals surface area contributed by atoms with Gasteiger partial charge in [-0.2, -0.15) is 55.0 Å². The summed E-state index contributed by atoms with van der Waals surface area (Å²) in [5.74, 6) is -0.437. The fourth-order valence-corrected chi connectivity index (χ4v) is 2.07. The van der Waals surface area contributed by atoms with Crippen molar-refractivity contribution in [3.63, 3.8) is 0 Å². The largest absolute Gasteiger partial charge is 0.505 e. The van der Waals surface area contributed by atoms with Crippen molar-refractivity contribution in [1.29, 1.82) is 0 Å². The van der Waals surface area contributed by atoms with E-state index in [9.17, 15) is 4.79 Å². The molecule has 0 heterocycles. The molecule has 3 nitrogen and oxygen atoms in total. The van der Waals surface area contributed by atoms with Gasteiger partial charge >= 0.3 is 5.97 Å². The topological polar surface area (TPSA) is 35.5 Å². The van der Waals surface area contributed by atoms with Crippen LogP contribution in [0.15, 0.2) is 60.9 Å². The first-order valence-electron chi connectivity index (χ1n) is 9.25. The zero-order valence-electron chi connectivity index (χ0n) is 17.6.